The third-order valence-corrected chi connectivity index (χ3v) is 7.39. The molecule has 5 nitrogen and oxygen atoms in total. The maximum absolute atomic E-state index is 13.4. The number of carbonyl (C=O) groups excluding carboxylic acids is 2. The second-order valence-corrected chi connectivity index (χ2v) is 9.57. The van der Waals surface area contributed by atoms with Crippen LogP contribution < -0.4 is 5.32 Å². The van der Waals surface area contributed by atoms with E-state index in [1.54, 1.807) is 23.5 Å². The number of hydrogen-bond donors (Lipinski definition) is 2. The van der Waals surface area contributed by atoms with E-state index in [0.717, 1.165) is 40.7 Å². The second-order valence-electron chi connectivity index (χ2n) is 8.57. The molecule has 2 amide bonds. The highest BCUT2D eigenvalue weighted by Gasteiger charge is 2.21. The van der Waals surface area contributed by atoms with Crippen molar-refractivity contribution < 1.29 is 14.0 Å². The van der Waals surface area contributed by atoms with Crippen LogP contribution in [0.3, 0.4) is 0 Å². The summed E-state index contributed by atoms with van der Waals surface area (Å²) in [5, 5.41) is 6.04. The molecule has 0 radical (unpaired) electrons. The van der Waals surface area contributed by atoms with E-state index in [-0.39, 0.29) is 17.6 Å². The van der Waals surface area contributed by atoms with E-state index in [0.29, 0.717) is 32.4 Å². The highest BCUT2D eigenvalue weighted by molar-refractivity contribution is 7.10. The number of H-pyrrole nitrogens is 1. The van der Waals surface area contributed by atoms with Crippen molar-refractivity contribution in [2.24, 2.45) is 0 Å². The van der Waals surface area contributed by atoms with Gasteiger partial charge in [0.2, 0.25) is 11.8 Å². The number of benzene rings is 2. The molecule has 1 aliphatic rings. The Hall–Kier alpha value is -3.45. The van der Waals surface area contributed by atoms with E-state index in [4.69, 9.17) is 0 Å². The number of rotatable bonds is 7. The van der Waals surface area contributed by atoms with Crippen molar-refractivity contribution in [3.05, 3.63) is 81.8 Å². The summed E-state index contributed by atoms with van der Waals surface area (Å²) >= 11 is 1.75. The van der Waals surface area contributed by atoms with Crippen molar-refractivity contribution >= 4 is 34.1 Å². The number of para-hydroxylation sites is 1. The number of aryl methyl sites for hydroxylation is 1. The highest BCUT2D eigenvalue weighted by atomic mass is 32.1. The number of nitrogens with one attached hydrogen (secondary N) is 2. The number of aromatic nitrogens is 1. The van der Waals surface area contributed by atoms with Gasteiger partial charge in [-0.25, -0.2) is 4.39 Å². The van der Waals surface area contributed by atoms with E-state index >= 15 is 0 Å². The first-order valence-corrected chi connectivity index (χ1v) is 12.4. The first kappa shape index (κ1) is 22.3. The third kappa shape index (κ3) is 4.75. The topological polar surface area (TPSA) is 65.2 Å². The molecule has 2 aromatic heterocycles. The van der Waals surface area contributed by atoms with Crippen LogP contribution in [0, 0.1) is 5.82 Å². The van der Waals surface area contributed by atoms with Gasteiger partial charge in [0, 0.05) is 53.9 Å². The summed E-state index contributed by atoms with van der Waals surface area (Å²) in [5.74, 6) is -0.287. The van der Waals surface area contributed by atoms with Gasteiger partial charge in [-0.2, -0.15) is 0 Å². The smallest absolute Gasteiger partial charge is 0.224 e. The van der Waals surface area contributed by atoms with Crippen molar-refractivity contribution in [2.45, 2.75) is 32.2 Å². The van der Waals surface area contributed by atoms with Crippen LogP contribution in [0.2, 0.25) is 0 Å². The zero-order valence-corrected chi connectivity index (χ0v) is 19.6. The Kier molecular flexibility index (Phi) is 6.45. The summed E-state index contributed by atoms with van der Waals surface area (Å²) < 4.78 is 13.4. The van der Waals surface area contributed by atoms with Gasteiger partial charge < -0.3 is 15.2 Å². The predicted molar refractivity (Wildman–Crippen MR) is 133 cm³/mol. The monoisotopic (exact) mass is 475 g/mol. The molecule has 1 aliphatic heterocycles. The van der Waals surface area contributed by atoms with Crippen molar-refractivity contribution in [3.8, 4) is 11.3 Å². The van der Waals surface area contributed by atoms with E-state index in [1.165, 1.54) is 22.6 Å². The fourth-order valence-corrected chi connectivity index (χ4v) is 5.47. The van der Waals surface area contributed by atoms with Gasteiger partial charge in [0.05, 0.1) is 0 Å². The van der Waals surface area contributed by atoms with Crippen LogP contribution in [0.25, 0.3) is 22.2 Å². The second kappa shape index (κ2) is 9.81. The molecule has 0 atom stereocenters. The number of nitrogens with zero attached hydrogens (tertiary/aromatic N) is 1. The Labute approximate surface area is 201 Å². The summed E-state index contributed by atoms with van der Waals surface area (Å²) in [5.41, 5.74) is 5.05. The molecular formula is C27H26FN3O2S. The summed E-state index contributed by atoms with van der Waals surface area (Å²) in [6.07, 6.45) is 2.07. The molecule has 2 aromatic carbocycles. The molecule has 7 heteroatoms. The lowest BCUT2D eigenvalue weighted by Gasteiger charge is -2.27. The minimum atomic E-state index is -0.282. The van der Waals surface area contributed by atoms with Crippen LogP contribution in [0.15, 0.2) is 60.0 Å². The minimum absolute atomic E-state index is 0.0763. The molecule has 0 aliphatic carbocycles. The molecular weight excluding hydrogens is 449 g/mol. The van der Waals surface area contributed by atoms with Gasteiger partial charge in [-0.1, -0.05) is 18.2 Å². The molecule has 174 valence electrons. The molecule has 0 fully saturated rings. The summed E-state index contributed by atoms with van der Waals surface area (Å²) in [4.78, 5) is 31.8. The van der Waals surface area contributed by atoms with E-state index in [2.05, 4.69) is 21.7 Å². The zero-order chi connectivity index (χ0) is 23.5. The SMILES string of the molecule is O=C(CCc1c(-c2ccc(F)cc2)[nH]c2ccccc12)NCCC(=O)N1CCc2sccc2C1. The molecule has 2 N–H and O–H groups in total. The molecule has 0 bridgehead atoms. The van der Waals surface area contributed by atoms with Gasteiger partial charge in [-0.05, 0) is 71.3 Å². The van der Waals surface area contributed by atoms with Crippen molar-refractivity contribution in [1.82, 2.24) is 15.2 Å². The number of fused-ring (bicyclic) bond motifs is 2. The fourth-order valence-electron chi connectivity index (χ4n) is 4.58. The van der Waals surface area contributed by atoms with Gasteiger partial charge in [0.25, 0.3) is 0 Å². The molecule has 34 heavy (non-hydrogen) atoms. The predicted octanol–water partition coefficient (Wildman–Crippen LogP) is 5.06. The lowest BCUT2D eigenvalue weighted by molar-refractivity contribution is -0.132. The van der Waals surface area contributed by atoms with Gasteiger partial charge in [0.15, 0.2) is 0 Å². The number of aromatic amines is 1. The Morgan fingerprint density at radius 3 is 2.74 bits per heavy atom. The first-order valence-electron chi connectivity index (χ1n) is 11.5. The molecule has 0 saturated heterocycles. The standard InChI is InChI=1S/C27H26FN3O2S/c28-20-7-5-18(6-8-20)27-22(21-3-1-2-4-23(21)30-27)9-10-25(32)29-14-11-26(33)31-15-12-24-19(17-31)13-16-34-24/h1-8,13,16,30H,9-12,14-15,17H2,(H,29,32). The third-order valence-electron chi connectivity index (χ3n) is 6.37. The van der Waals surface area contributed by atoms with Gasteiger partial charge in [-0.15, -0.1) is 11.3 Å². The molecule has 0 spiro atoms. The molecule has 0 saturated carbocycles. The normalized spacial score (nSPS) is 13.1. The van der Waals surface area contributed by atoms with Gasteiger partial charge in [-0.3, -0.25) is 9.59 Å². The van der Waals surface area contributed by atoms with Crippen LogP contribution in [0.4, 0.5) is 4.39 Å². The molecule has 3 heterocycles. The number of hydrogen-bond acceptors (Lipinski definition) is 3. The zero-order valence-electron chi connectivity index (χ0n) is 18.8. The van der Waals surface area contributed by atoms with Crippen LogP contribution >= 0.6 is 11.3 Å². The molecule has 0 unspecified atom stereocenters. The van der Waals surface area contributed by atoms with Crippen LogP contribution in [-0.2, 0) is 29.0 Å². The van der Waals surface area contributed by atoms with Crippen LogP contribution in [0.5, 0.6) is 0 Å². The van der Waals surface area contributed by atoms with E-state index in [1.807, 2.05) is 29.2 Å². The lowest BCUT2D eigenvalue weighted by atomic mass is 10.0. The number of thiophene rings is 1. The maximum Gasteiger partial charge on any atom is 0.224 e. The Morgan fingerprint density at radius 1 is 1.06 bits per heavy atom. The highest BCUT2D eigenvalue weighted by Crippen LogP contribution is 2.31. The number of amides is 2. The van der Waals surface area contributed by atoms with E-state index in [9.17, 15) is 14.0 Å². The van der Waals surface area contributed by atoms with Crippen LogP contribution in [0.1, 0.15) is 28.8 Å². The summed E-state index contributed by atoms with van der Waals surface area (Å²) in [6, 6.07) is 16.4. The minimum Gasteiger partial charge on any atom is -0.356 e. The van der Waals surface area contributed by atoms with Crippen molar-refractivity contribution in [1.29, 1.82) is 0 Å². The van der Waals surface area contributed by atoms with Crippen molar-refractivity contribution in [2.75, 3.05) is 13.1 Å². The first-order chi connectivity index (χ1) is 16.6. The molecule has 5 rings (SSSR count). The average Bonchev–Trinajstić information content (AvgIpc) is 3.47. The van der Waals surface area contributed by atoms with Gasteiger partial charge in [0.1, 0.15) is 5.82 Å². The number of halogens is 1. The molecule has 4 aromatic rings. The Balaban J connectivity index is 1.18. The van der Waals surface area contributed by atoms with Gasteiger partial charge >= 0.3 is 0 Å². The quantitative estimate of drug-likeness (QED) is 0.392. The fraction of sp³-hybridized carbons (Fsp3) is 0.259. The number of carbonyl (C=O) groups is 2. The van der Waals surface area contributed by atoms with Crippen molar-refractivity contribution in [3.63, 3.8) is 0 Å². The summed E-state index contributed by atoms with van der Waals surface area (Å²) in [7, 11) is 0. The average molecular weight is 476 g/mol. The Morgan fingerprint density at radius 2 is 1.88 bits per heavy atom. The summed E-state index contributed by atoms with van der Waals surface area (Å²) in [6.45, 7) is 1.74. The largest absolute Gasteiger partial charge is 0.356 e. The van der Waals surface area contributed by atoms with E-state index < -0.39 is 0 Å². The van der Waals surface area contributed by atoms with Crippen LogP contribution in [-0.4, -0.2) is 34.8 Å². The lowest BCUT2D eigenvalue weighted by Crippen LogP contribution is -2.37. The Bertz CT molecular complexity index is 1330. The maximum atomic E-state index is 13.4.